The van der Waals surface area contributed by atoms with Crippen LogP contribution in [0.2, 0.25) is 0 Å². The summed E-state index contributed by atoms with van der Waals surface area (Å²) in [6.45, 7) is 2.17. The van der Waals surface area contributed by atoms with Gasteiger partial charge in [0.1, 0.15) is 11.6 Å². The zero-order chi connectivity index (χ0) is 22.1. The van der Waals surface area contributed by atoms with Gasteiger partial charge in [-0.25, -0.2) is 8.78 Å². The number of amides is 1. The van der Waals surface area contributed by atoms with Gasteiger partial charge >= 0.3 is 0 Å². The number of benzene rings is 2. The summed E-state index contributed by atoms with van der Waals surface area (Å²) >= 11 is 0. The summed E-state index contributed by atoms with van der Waals surface area (Å²) in [7, 11) is 0. The van der Waals surface area contributed by atoms with Gasteiger partial charge in [-0.1, -0.05) is 24.3 Å². The Balaban J connectivity index is 1.80. The number of carbonyl (C=O) groups excluding carboxylic acids is 1. The number of rotatable bonds is 5. The number of carbonyl (C=O) groups is 1. The van der Waals surface area contributed by atoms with Crippen molar-refractivity contribution >= 4 is 16.7 Å². The summed E-state index contributed by atoms with van der Waals surface area (Å²) in [5.74, 6) is -2.12. The summed E-state index contributed by atoms with van der Waals surface area (Å²) in [6, 6.07) is 9.25. The van der Waals surface area contributed by atoms with Crippen LogP contribution in [-0.2, 0) is 11.3 Å². The van der Waals surface area contributed by atoms with E-state index in [1.165, 1.54) is 41.2 Å². The van der Waals surface area contributed by atoms with E-state index < -0.39 is 29.3 Å². The fourth-order valence-electron chi connectivity index (χ4n) is 3.78. The first-order valence-electron chi connectivity index (χ1n) is 9.71. The minimum atomic E-state index is -1.49. The molecule has 6 nitrogen and oxygen atoms in total. The Bertz CT molecular complexity index is 1250. The molecule has 1 unspecified atom stereocenters. The average Bonchev–Trinajstić information content (AvgIpc) is 3.24. The van der Waals surface area contributed by atoms with Crippen LogP contribution in [0.25, 0.3) is 10.8 Å². The smallest absolute Gasteiger partial charge is 0.261 e. The van der Waals surface area contributed by atoms with Gasteiger partial charge in [-0.2, -0.15) is 0 Å². The van der Waals surface area contributed by atoms with Crippen molar-refractivity contribution in [2.45, 2.75) is 19.7 Å². The van der Waals surface area contributed by atoms with Crippen LogP contribution in [0.3, 0.4) is 0 Å². The van der Waals surface area contributed by atoms with Crippen LogP contribution < -0.4 is 10.9 Å². The Morgan fingerprint density at radius 1 is 1.29 bits per heavy atom. The maximum Gasteiger partial charge on any atom is 0.261 e. The summed E-state index contributed by atoms with van der Waals surface area (Å²) in [5.41, 5.74) is -0.00373. The monoisotopic (exact) mass is 426 g/mol. The lowest BCUT2D eigenvalue weighted by Gasteiger charge is -2.20. The second-order valence-electron chi connectivity index (χ2n) is 7.39. The normalized spacial score (nSPS) is 16.3. The van der Waals surface area contributed by atoms with Crippen LogP contribution in [0.15, 0.2) is 59.6 Å². The molecule has 1 aliphatic rings. The number of hydrogen-bond donors (Lipinski definition) is 2. The van der Waals surface area contributed by atoms with Crippen LogP contribution in [0, 0.1) is 24.5 Å². The van der Waals surface area contributed by atoms with E-state index >= 15 is 0 Å². The van der Waals surface area contributed by atoms with Gasteiger partial charge in [0.15, 0.2) is 6.23 Å². The van der Waals surface area contributed by atoms with Crippen LogP contribution in [0.1, 0.15) is 27.8 Å². The molecule has 3 aromatic rings. The quantitative estimate of drug-likeness (QED) is 0.615. The molecule has 0 bridgehead atoms. The first-order chi connectivity index (χ1) is 14.9. The first-order valence-corrected chi connectivity index (χ1v) is 9.71. The summed E-state index contributed by atoms with van der Waals surface area (Å²) in [5, 5.41) is 12.7. The number of hydrogen-bond acceptors (Lipinski definition) is 4. The zero-order valence-electron chi connectivity index (χ0n) is 16.6. The number of aliphatic hydroxyl groups excluding tert-OH is 1. The second kappa shape index (κ2) is 8.31. The predicted octanol–water partition coefficient (Wildman–Crippen LogP) is 3.17. The minimum absolute atomic E-state index is 0.0625. The highest BCUT2D eigenvalue weighted by Gasteiger charge is 2.24. The Kier molecular flexibility index (Phi) is 5.56. The maximum absolute atomic E-state index is 14.6. The highest BCUT2D eigenvalue weighted by atomic mass is 19.1. The number of nitrogens with one attached hydrogen (secondary N) is 1. The minimum Gasteiger partial charge on any atom is -0.501 e. The van der Waals surface area contributed by atoms with Crippen molar-refractivity contribution in [3.05, 3.63) is 93.6 Å². The third kappa shape index (κ3) is 3.94. The Hall–Kier alpha value is -3.52. The number of ether oxygens (including phenoxy) is 1. The Morgan fingerprint density at radius 2 is 2.06 bits per heavy atom. The van der Waals surface area contributed by atoms with E-state index in [-0.39, 0.29) is 34.4 Å². The standard InChI is InChI=1S/C23H20F2N2O4/c1-13-19(22(29)26-21(28)15-4-2-5-16(24)10-15)17-6-3-7-18(25)20(17)23(30)27(13)11-14-8-9-31-12-14/h2-10,14,21,28H,11-12H2,1H3,(H,26,29)/t14?,21-/m0/s1. The maximum atomic E-state index is 14.6. The molecule has 160 valence electrons. The van der Waals surface area contributed by atoms with Crippen LogP contribution in [0.5, 0.6) is 0 Å². The van der Waals surface area contributed by atoms with E-state index in [4.69, 9.17) is 4.74 Å². The van der Waals surface area contributed by atoms with Crippen molar-refractivity contribution < 1.29 is 23.4 Å². The number of nitrogens with zero attached hydrogens (tertiary/aromatic N) is 1. The van der Waals surface area contributed by atoms with Gasteiger partial charge in [0, 0.05) is 29.1 Å². The molecule has 2 heterocycles. The van der Waals surface area contributed by atoms with E-state index in [2.05, 4.69) is 5.32 Å². The Morgan fingerprint density at radius 3 is 2.77 bits per heavy atom. The SMILES string of the molecule is Cc1c(C(=O)N[C@@H](O)c2cccc(F)c2)c2cccc(F)c2c(=O)n1CC1C=COC1. The molecular formula is C23H20F2N2O4. The van der Waals surface area contributed by atoms with Crippen LogP contribution in [0.4, 0.5) is 8.78 Å². The van der Waals surface area contributed by atoms with E-state index in [9.17, 15) is 23.5 Å². The zero-order valence-corrected chi connectivity index (χ0v) is 16.6. The molecule has 1 amide bonds. The van der Waals surface area contributed by atoms with Crippen molar-refractivity contribution in [3.8, 4) is 0 Å². The highest BCUT2D eigenvalue weighted by Crippen LogP contribution is 2.24. The molecule has 0 aliphatic carbocycles. The molecule has 4 rings (SSSR count). The fourth-order valence-corrected chi connectivity index (χ4v) is 3.78. The van der Waals surface area contributed by atoms with Gasteiger partial charge < -0.3 is 19.7 Å². The molecule has 0 spiro atoms. The van der Waals surface area contributed by atoms with Gasteiger partial charge in [-0.3, -0.25) is 9.59 Å². The van der Waals surface area contributed by atoms with Gasteiger partial charge in [0.25, 0.3) is 11.5 Å². The van der Waals surface area contributed by atoms with Gasteiger partial charge in [-0.05, 0) is 31.2 Å². The molecule has 2 atom stereocenters. The molecule has 2 N–H and O–H groups in total. The molecular weight excluding hydrogens is 406 g/mol. The topological polar surface area (TPSA) is 80.6 Å². The van der Waals surface area contributed by atoms with E-state index in [1.54, 1.807) is 13.0 Å². The Labute approximate surface area is 176 Å². The van der Waals surface area contributed by atoms with Crippen molar-refractivity contribution in [3.63, 3.8) is 0 Å². The molecule has 0 saturated carbocycles. The lowest BCUT2D eigenvalue weighted by molar-refractivity contribution is 0.0783. The summed E-state index contributed by atoms with van der Waals surface area (Å²) < 4.78 is 34.6. The lowest BCUT2D eigenvalue weighted by Crippen LogP contribution is -2.34. The van der Waals surface area contributed by atoms with Crippen molar-refractivity contribution in [2.24, 2.45) is 5.92 Å². The van der Waals surface area contributed by atoms with Crippen molar-refractivity contribution in [1.29, 1.82) is 0 Å². The van der Waals surface area contributed by atoms with Gasteiger partial charge in [0.2, 0.25) is 0 Å². The van der Waals surface area contributed by atoms with Gasteiger partial charge in [0.05, 0.1) is 23.8 Å². The van der Waals surface area contributed by atoms with Gasteiger partial charge in [-0.15, -0.1) is 0 Å². The molecule has 31 heavy (non-hydrogen) atoms. The van der Waals surface area contributed by atoms with Crippen LogP contribution >= 0.6 is 0 Å². The van der Waals surface area contributed by atoms with Crippen molar-refractivity contribution in [2.75, 3.05) is 6.61 Å². The van der Waals surface area contributed by atoms with E-state index in [0.717, 1.165) is 12.1 Å². The number of aliphatic hydroxyl groups is 1. The number of pyridine rings is 1. The molecule has 0 fully saturated rings. The predicted molar refractivity (Wildman–Crippen MR) is 110 cm³/mol. The lowest BCUT2D eigenvalue weighted by atomic mass is 10.0. The molecule has 2 aromatic carbocycles. The molecule has 0 saturated heterocycles. The fraction of sp³-hybridized carbons (Fsp3) is 0.217. The molecule has 1 aliphatic heterocycles. The molecule has 8 heteroatoms. The first kappa shape index (κ1) is 20.7. The average molecular weight is 426 g/mol. The molecule has 0 radical (unpaired) electrons. The summed E-state index contributed by atoms with van der Waals surface area (Å²) in [6.07, 6.45) is 1.85. The van der Waals surface area contributed by atoms with E-state index in [0.29, 0.717) is 12.3 Å². The van der Waals surface area contributed by atoms with E-state index in [1.807, 2.05) is 0 Å². The third-order valence-corrected chi connectivity index (χ3v) is 5.34. The number of fused-ring (bicyclic) bond motifs is 1. The second-order valence-corrected chi connectivity index (χ2v) is 7.39. The summed E-state index contributed by atoms with van der Waals surface area (Å²) in [4.78, 5) is 26.2. The van der Waals surface area contributed by atoms with Crippen LogP contribution in [-0.4, -0.2) is 22.2 Å². The number of aromatic nitrogens is 1. The third-order valence-electron chi connectivity index (χ3n) is 5.34. The van der Waals surface area contributed by atoms with Crippen molar-refractivity contribution in [1.82, 2.24) is 9.88 Å². The molecule has 1 aromatic heterocycles. The highest BCUT2D eigenvalue weighted by molar-refractivity contribution is 6.08. The number of halogens is 2. The largest absolute Gasteiger partial charge is 0.501 e.